The molecule has 7 aromatic rings. The molecule has 0 radical (unpaired) electrons. The first-order valence-corrected chi connectivity index (χ1v) is 18.3. The van der Waals surface area contributed by atoms with E-state index in [4.69, 9.17) is 9.97 Å². The normalized spacial score (nSPS) is 11.6. The van der Waals surface area contributed by atoms with Gasteiger partial charge in [0.15, 0.2) is 5.82 Å². The Bertz CT molecular complexity index is 2400. The average molecular weight is 686 g/mol. The van der Waals surface area contributed by atoms with E-state index < -0.39 is 0 Å². The van der Waals surface area contributed by atoms with E-state index in [1.165, 1.54) is 38.9 Å². The summed E-state index contributed by atoms with van der Waals surface area (Å²) < 4.78 is 0. The molecule has 1 aromatic heterocycles. The fourth-order valence-electron chi connectivity index (χ4n) is 6.82. The Labute approximate surface area is 313 Å². The molecule has 0 saturated heterocycles. The minimum atomic E-state index is 0.693. The summed E-state index contributed by atoms with van der Waals surface area (Å²) >= 11 is 0. The van der Waals surface area contributed by atoms with Crippen LogP contribution in [0, 0.1) is 0 Å². The Morgan fingerprint density at radius 2 is 1.04 bits per heavy atom. The van der Waals surface area contributed by atoms with E-state index in [9.17, 15) is 0 Å². The van der Waals surface area contributed by atoms with Gasteiger partial charge in [-0.1, -0.05) is 166 Å². The van der Waals surface area contributed by atoms with Crippen molar-refractivity contribution in [2.24, 2.45) is 4.99 Å². The monoisotopic (exact) mass is 685 g/mol. The van der Waals surface area contributed by atoms with Gasteiger partial charge < -0.3 is 0 Å². The quantitative estimate of drug-likeness (QED) is 0.100. The van der Waals surface area contributed by atoms with Gasteiger partial charge in [-0.3, -0.25) is 4.99 Å². The topological polar surface area (TPSA) is 38.1 Å². The Morgan fingerprint density at radius 3 is 1.68 bits per heavy atom. The molecule has 0 bridgehead atoms. The third-order valence-corrected chi connectivity index (χ3v) is 9.84. The molecule has 53 heavy (non-hydrogen) atoms. The lowest BCUT2D eigenvalue weighted by Gasteiger charge is -2.14. The predicted octanol–water partition coefficient (Wildman–Crippen LogP) is 13.2. The molecule has 1 heterocycles. The second-order valence-corrected chi connectivity index (χ2v) is 13.2. The molecule has 0 aliphatic rings. The van der Waals surface area contributed by atoms with Crippen molar-refractivity contribution in [1.29, 1.82) is 0 Å². The van der Waals surface area contributed by atoms with Crippen LogP contribution in [0.2, 0.25) is 0 Å². The predicted molar refractivity (Wildman–Crippen MR) is 226 cm³/mol. The maximum Gasteiger partial charge on any atom is 0.160 e. The van der Waals surface area contributed by atoms with Gasteiger partial charge in [-0.25, -0.2) is 9.97 Å². The van der Waals surface area contributed by atoms with E-state index >= 15 is 0 Å². The van der Waals surface area contributed by atoms with Gasteiger partial charge in [0, 0.05) is 22.9 Å². The lowest BCUT2D eigenvalue weighted by atomic mass is 9.90. The van der Waals surface area contributed by atoms with Crippen LogP contribution in [0.15, 0.2) is 175 Å². The van der Waals surface area contributed by atoms with Crippen molar-refractivity contribution in [2.75, 3.05) is 0 Å². The minimum absolute atomic E-state index is 0.693. The Kier molecular flexibility index (Phi) is 10.7. The zero-order valence-electron chi connectivity index (χ0n) is 30.6. The van der Waals surface area contributed by atoms with Gasteiger partial charge in [0.2, 0.25) is 0 Å². The summed E-state index contributed by atoms with van der Waals surface area (Å²) in [5.41, 5.74) is 17.2. The second kappa shape index (κ2) is 16.3. The number of rotatable bonds is 11. The number of nitrogens with zero attached hydrogens (tertiary/aromatic N) is 3. The number of aliphatic imine (C=N–C) groups is 1. The highest BCUT2D eigenvalue weighted by Gasteiger charge is 2.13. The van der Waals surface area contributed by atoms with Crippen LogP contribution in [0.1, 0.15) is 37.5 Å². The van der Waals surface area contributed by atoms with Gasteiger partial charge in [-0.15, -0.1) is 0 Å². The van der Waals surface area contributed by atoms with E-state index in [-0.39, 0.29) is 0 Å². The van der Waals surface area contributed by atoms with Gasteiger partial charge >= 0.3 is 0 Å². The highest BCUT2D eigenvalue weighted by molar-refractivity contribution is 5.79. The van der Waals surface area contributed by atoms with Crippen molar-refractivity contribution in [1.82, 2.24) is 9.97 Å². The highest BCUT2D eigenvalue weighted by Crippen LogP contribution is 2.34. The van der Waals surface area contributed by atoms with Crippen molar-refractivity contribution in [3.63, 3.8) is 0 Å². The number of aryl methyl sites for hydroxylation is 2. The second-order valence-electron chi connectivity index (χ2n) is 13.2. The van der Waals surface area contributed by atoms with E-state index in [2.05, 4.69) is 178 Å². The molecule has 0 fully saturated rings. The third-order valence-electron chi connectivity index (χ3n) is 9.84. The molecule has 258 valence electrons. The van der Waals surface area contributed by atoms with Crippen LogP contribution in [-0.4, -0.2) is 16.7 Å². The van der Waals surface area contributed by atoms with Gasteiger partial charge in [-0.05, 0) is 94.3 Å². The summed E-state index contributed by atoms with van der Waals surface area (Å²) in [5.74, 6) is 0.693. The van der Waals surface area contributed by atoms with E-state index in [0.29, 0.717) is 5.82 Å². The minimum Gasteiger partial charge on any atom is -0.273 e. The average Bonchev–Trinajstić information content (AvgIpc) is 3.23. The molecule has 6 aromatic carbocycles. The summed E-state index contributed by atoms with van der Waals surface area (Å²) in [7, 11) is 0. The number of hydrogen-bond donors (Lipinski definition) is 0. The van der Waals surface area contributed by atoms with Crippen molar-refractivity contribution < 1.29 is 0 Å². The van der Waals surface area contributed by atoms with Gasteiger partial charge in [0.25, 0.3) is 0 Å². The van der Waals surface area contributed by atoms with E-state index in [1.807, 2.05) is 18.2 Å². The molecule has 7 rings (SSSR count). The maximum absolute atomic E-state index is 5.14. The van der Waals surface area contributed by atoms with Crippen molar-refractivity contribution in [2.45, 2.75) is 33.6 Å². The molecule has 3 heteroatoms. The lowest BCUT2D eigenvalue weighted by Crippen LogP contribution is -1.96. The van der Waals surface area contributed by atoms with Crippen LogP contribution in [0.4, 0.5) is 0 Å². The molecule has 0 N–H and O–H groups in total. The summed E-state index contributed by atoms with van der Waals surface area (Å²) in [4.78, 5) is 14.0. The number of allylic oxidation sites excluding steroid dienone is 3. The van der Waals surface area contributed by atoms with E-state index in [1.54, 1.807) is 6.20 Å². The van der Waals surface area contributed by atoms with Crippen molar-refractivity contribution in [3.05, 3.63) is 187 Å². The molecule has 0 unspecified atom stereocenters. The first-order valence-electron chi connectivity index (χ1n) is 18.3. The molecule has 0 aliphatic carbocycles. The fraction of sp³-hybridized carbons (Fsp3) is 0.100. The standard InChI is InChI=1S/C50H43N3/c1-5-36-14-10-11-17-46(36)47-31-30-45(33-37(47)6-2)41-20-26-43(27-21-41)49-34-48(42-24-18-38(19-25-42)35(3)13-12-32-51-4)52-50(53-49)44-28-22-40(23-29-44)39-15-8-7-9-16-39/h7-34H,4-6H2,1-3H3/b32-12-,35-13+. The van der Waals surface area contributed by atoms with E-state index in [0.717, 1.165) is 57.6 Å². The maximum atomic E-state index is 5.14. The number of hydrogen-bond acceptors (Lipinski definition) is 3. The molecule has 0 saturated carbocycles. The first kappa shape index (κ1) is 35.0. The molecule has 3 nitrogen and oxygen atoms in total. The number of benzene rings is 6. The van der Waals surface area contributed by atoms with Gasteiger partial charge in [0.1, 0.15) is 0 Å². The zero-order chi connectivity index (χ0) is 36.6. The lowest BCUT2D eigenvalue weighted by molar-refractivity contribution is 1.12. The van der Waals surface area contributed by atoms with Gasteiger partial charge in [-0.2, -0.15) is 0 Å². The Balaban J connectivity index is 1.24. The third kappa shape index (κ3) is 7.90. The van der Waals surface area contributed by atoms with Crippen LogP contribution >= 0.6 is 0 Å². The van der Waals surface area contributed by atoms with Crippen molar-refractivity contribution in [3.8, 4) is 67.3 Å². The summed E-state index contributed by atoms with van der Waals surface area (Å²) in [5, 5.41) is 0. The molecule has 0 amide bonds. The SMILES string of the molecule is C=N/C=C\C=C(/C)c1ccc(-c2cc(-c3ccc(-c4ccc(-c5ccccc5CC)c(CC)c4)cc3)nc(-c3ccc(-c4ccccc4)cc3)n2)cc1. The Hall–Kier alpha value is -6.45. The first-order chi connectivity index (χ1) is 26.0. The zero-order valence-corrected chi connectivity index (χ0v) is 30.6. The van der Waals surface area contributed by atoms with Gasteiger partial charge in [0.05, 0.1) is 11.4 Å². The van der Waals surface area contributed by atoms with Crippen LogP contribution in [0.25, 0.3) is 72.9 Å². The summed E-state index contributed by atoms with van der Waals surface area (Å²) in [6.07, 6.45) is 7.61. The van der Waals surface area contributed by atoms with Crippen LogP contribution in [0.3, 0.4) is 0 Å². The molecule has 0 aliphatic heterocycles. The van der Waals surface area contributed by atoms with Crippen LogP contribution in [-0.2, 0) is 12.8 Å². The smallest absolute Gasteiger partial charge is 0.160 e. The van der Waals surface area contributed by atoms with Crippen molar-refractivity contribution >= 4 is 12.3 Å². The molecular weight excluding hydrogens is 643 g/mol. The molecule has 0 atom stereocenters. The van der Waals surface area contributed by atoms with Crippen LogP contribution < -0.4 is 0 Å². The fourth-order valence-corrected chi connectivity index (χ4v) is 6.82. The van der Waals surface area contributed by atoms with Crippen LogP contribution in [0.5, 0.6) is 0 Å². The summed E-state index contributed by atoms with van der Waals surface area (Å²) in [6.45, 7) is 10.1. The molecular formula is C50H43N3. The number of aromatic nitrogens is 2. The molecule has 0 spiro atoms. The largest absolute Gasteiger partial charge is 0.273 e. The summed E-state index contributed by atoms with van der Waals surface area (Å²) in [6, 6.07) is 54.0. The Morgan fingerprint density at radius 1 is 0.528 bits per heavy atom. The highest BCUT2D eigenvalue weighted by atomic mass is 14.9.